The average Bonchev–Trinajstić information content (AvgIpc) is 3.54. The predicted octanol–water partition coefficient (Wildman–Crippen LogP) is 4.94. The lowest BCUT2D eigenvalue weighted by Crippen LogP contribution is -2.41. The number of methoxy groups -OCH3 is 1. The van der Waals surface area contributed by atoms with E-state index in [9.17, 15) is 18.0 Å². The number of alkyl halides is 3. The fourth-order valence-corrected chi connectivity index (χ4v) is 6.15. The van der Waals surface area contributed by atoms with Gasteiger partial charge in [0, 0.05) is 42.2 Å². The lowest BCUT2D eigenvalue weighted by atomic mass is 10.0. The van der Waals surface area contributed by atoms with E-state index in [4.69, 9.17) is 15.5 Å². The molecule has 2 aromatic heterocycles. The van der Waals surface area contributed by atoms with Crippen LogP contribution in [0.4, 0.5) is 13.2 Å². The maximum absolute atomic E-state index is 13.5. The average molecular weight is 524 g/mol. The van der Waals surface area contributed by atoms with Crippen molar-refractivity contribution in [1.82, 2.24) is 19.4 Å². The van der Waals surface area contributed by atoms with Crippen LogP contribution in [0.5, 0.6) is 5.75 Å². The van der Waals surface area contributed by atoms with Crippen molar-refractivity contribution in [2.45, 2.75) is 44.4 Å². The van der Waals surface area contributed by atoms with E-state index in [2.05, 4.69) is 4.98 Å². The van der Waals surface area contributed by atoms with Crippen molar-refractivity contribution < 1.29 is 22.7 Å². The third-order valence-electron chi connectivity index (χ3n) is 8.14. The van der Waals surface area contributed by atoms with E-state index in [0.717, 1.165) is 35.6 Å². The molecule has 2 N–H and O–H groups in total. The normalized spacial score (nSPS) is 21.1. The SMILES string of the molecule is CCc1cc2nc(C(F)(F)F)ccc2cc1-c1nc2cc(C(=O)N3C[C@H]4CC[C@@H]3[C@@H]4N)cc(OC)c2n1C. The predicted molar refractivity (Wildman–Crippen MR) is 138 cm³/mol. The van der Waals surface area contributed by atoms with Gasteiger partial charge in [0.15, 0.2) is 0 Å². The fourth-order valence-electron chi connectivity index (χ4n) is 6.15. The third-order valence-corrected chi connectivity index (χ3v) is 8.14. The van der Waals surface area contributed by atoms with Crippen molar-refractivity contribution in [2.75, 3.05) is 13.7 Å². The van der Waals surface area contributed by atoms with Gasteiger partial charge in [0.05, 0.1) is 18.1 Å². The molecule has 0 radical (unpaired) electrons. The largest absolute Gasteiger partial charge is 0.494 e. The summed E-state index contributed by atoms with van der Waals surface area (Å²) in [6, 6.07) is 9.55. The summed E-state index contributed by atoms with van der Waals surface area (Å²) in [7, 11) is 3.42. The summed E-state index contributed by atoms with van der Waals surface area (Å²) < 4.78 is 47.2. The number of fused-ring (bicyclic) bond motifs is 4. The first kappa shape index (κ1) is 24.7. The Bertz CT molecular complexity index is 1600. The number of likely N-dealkylation sites (tertiary alicyclic amines) is 1. The van der Waals surface area contributed by atoms with Gasteiger partial charge in [-0.25, -0.2) is 9.97 Å². The fraction of sp³-hybridized carbons (Fsp3) is 0.393. The Morgan fingerprint density at radius 2 is 1.92 bits per heavy atom. The first-order chi connectivity index (χ1) is 18.1. The van der Waals surface area contributed by atoms with E-state index in [1.165, 1.54) is 6.07 Å². The minimum absolute atomic E-state index is 0.0214. The molecule has 1 saturated carbocycles. The molecule has 1 saturated heterocycles. The number of imidazole rings is 1. The Balaban J connectivity index is 1.46. The second-order valence-corrected chi connectivity index (χ2v) is 10.2. The van der Waals surface area contributed by atoms with Gasteiger partial charge in [0.25, 0.3) is 5.91 Å². The van der Waals surface area contributed by atoms with Crippen molar-refractivity contribution in [3.63, 3.8) is 0 Å². The molecule has 38 heavy (non-hydrogen) atoms. The van der Waals surface area contributed by atoms with Crippen molar-refractivity contribution in [1.29, 1.82) is 0 Å². The molecule has 2 aliphatic rings. The molecule has 0 unspecified atom stereocenters. The zero-order chi connectivity index (χ0) is 26.9. The van der Waals surface area contributed by atoms with Crippen LogP contribution in [-0.2, 0) is 19.6 Å². The second-order valence-electron chi connectivity index (χ2n) is 10.2. The van der Waals surface area contributed by atoms with E-state index < -0.39 is 11.9 Å². The van der Waals surface area contributed by atoms with Gasteiger partial charge in [-0.05, 0) is 61.1 Å². The highest BCUT2D eigenvalue weighted by Crippen LogP contribution is 2.39. The number of pyridine rings is 1. The van der Waals surface area contributed by atoms with Gasteiger partial charge >= 0.3 is 6.18 Å². The number of amides is 1. The molecule has 198 valence electrons. The molecule has 6 rings (SSSR count). The van der Waals surface area contributed by atoms with Crippen LogP contribution in [0.25, 0.3) is 33.3 Å². The Labute approximate surface area is 217 Å². The number of benzene rings is 2. The summed E-state index contributed by atoms with van der Waals surface area (Å²) in [5.74, 6) is 1.42. The minimum atomic E-state index is -4.51. The molecule has 2 bridgehead atoms. The van der Waals surface area contributed by atoms with E-state index in [1.54, 1.807) is 25.3 Å². The first-order valence-corrected chi connectivity index (χ1v) is 12.7. The topological polar surface area (TPSA) is 86.3 Å². The number of hydrogen-bond donors (Lipinski definition) is 1. The smallest absolute Gasteiger partial charge is 0.433 e. The monoisotopic (exact) mass is 523 g/mol. The number of piperidine rings is 1. The highest BCUT2D eigenvalue weighted by Gasteiger charge is 2.47. The number of carbonyl (C=O) groups excluding carboxylic acids is 1. The highest BCUT2D eigenvalue weighted by molar-refractivity contribution is 6.00. The van der Waals surface area contributed by atoms with Gasteiger partial charge in [0.1, 0.15) is 22.8 Å². The van der Waals surface area contributed by atoms with Gasteiger partial charge < -0.3 is 19.9 Å². The number of nitrogens with two attached hydrogens (primary N) is 1. The maximum Gasteiger partial charge on any atom is 0.433 e. The molecular formula is C28H28F3N5O2. The molecule has 4 aromatic rings. The van der Waals surface area contributed by atoms with Crippen LogP contribution >= 0.6 is 0 Å². The molecule has 2 fully saturated rings. The number of nitrogens with zero attached hydrogens (tertiary/aromatic N) is 4. The van der Waals surface area contributed by atoms with Crippen LogP contribution in [0.2, 0.25) is 0 Å². The Morgan fingerprint density at radius 3 is 2.55 bits per heavy atom. The molecule has 1 aliphatic heterocycles. The van der Waals surface area contributed by atoms with E-state index in [1.807, 2.05) is 29.5 Å². The second kappa shape index (κ2) is 8.69. The van der Waals surface area contributed by atoms with Gasteiger partial charge in [-0.3, -0.25) is 4.79 Å². The number of aromatic nitrogens is 3. The van der Waals surface area contributed by atoms with Gasteiger partial charge in [-0.15, -0.1) is 0 Å². The summed E-state index contributed by atoms with van der Waals surface area (Å²) >= 11 is 0. The summed E-state index contributed by atoms with van der Waals surface area (Å²) in [5, 5.41) is 0.584. The lowest BCUT2D eigenvalue weighted by Gasteiger charge is -2.27. The van der Waals surface area contributed by atoms with Gasteiger partial charge in [-0.1, -0.05) is 13.0 Å². The summed E-state index contributed by atoms with van der Waals surface area (Å²) in [6.07, 6.45) is -1.96. The van der Waals surface area contributed by atoms with Crippen LogP contribution in [0.1, 0.15) is 41.4 Å². The van der Waals surface area contributed by atoms with E-state index in [0.29, 0.717) is 46.9 Å². The number of aryl methyl sites for hydroxylation is 2. The van der Waals surface area contributed by atoms with Crippen LogP contribution in [0.15, 0.2) is 36.4 Å². The number of ether oxygens (including phenoxy) is 1. The molecule has 1 amide bonds. The number of halogens is 3. The quantitative estimate of drug-likeness (QED) is 0.410. The Hall–Kier alpha value is -3.66. The molecule has 3 atom stereocenters. The molecule has 10 heteroatoms. The summed E-state index contributed by atoms with van der Waals surface area (Å²) in [4.78, 5) is 24.1. The van der Waals surface area contributed by atoms with E-state index in [-0.39, 0.29) is 23.5 Å². The van der Waals surface area contributed by atoms with Crippen molar-refractivity contribution >= 4 is 27.8 Å². The molecule has 2 aromatic carbocycles. The van der Waals surface area contributed by atoms with Crippen molar-refractivity contribution in [2.24, 2.45) is 18.7 Å². The molecule has 0 spiro atoms. The van der Waals surface area contributed by atoms with Gasteiger partial charge in [0.2, 0.25) is 0 Å². The molecule has 3 heterocycles. The van der Waals surface area contributed by atoms with Gasteiger partial charge in [-0.2, -0.15) is 13.2 Å². The Morgan fingerprint density at radius 1 is 1.13 bits per heavy atom. The molecular weight excluding hydrogens is 495 g/mol. The zero-order valence-electron chi connectivity index (χ0n) is 21.3. The van der Waals surface area contributed by atoms with Crippen LogP contribution < -0.4 is 10.5 Å². The van der Waals surface area contributed by atoms with Crippen LogP contribution in [0.3, 0.4) is 0 Å². The molecule has 1 aliphatic carbocycles. The highest BCUT2D eigenvalue weighted by atomic mass is 19.4. The Kier molecular flexibility index (Phi) is 5.64. The first-order valence-electron chi connectivity index (χ1n) is 12.7. The standard InChI is InChI=1S/C28H28F3N5O2/c1-4-14-10-19-15(6-8-23(33-19)28(29,30)31)9-18(14)26-34-20-11-17(12-22(38-3)25(20)35(26)2)27(37)36-13-16-5-7-21(36)24(16)32/h6,8-12,16,21,24H,4-5,7,13,32H2,1-3H3/t16-,21-,24-/m1/s1. The van der Waals surface area contributed by atoms with Crippen molar-refractivity contribution in [3.8, 4) is 17.1 Å². The lowest BCUT2D eigenvalue weighted by molar-refractivity contribution is -0.140. The number of hydrogen-bond acceptors (Lipinski definition) is 5. The third kappa shape index (κ3) is 3.73. The molecule has 7 nitrogen and oxygen atoms in total. The number of carbonyl (C=O) groups is 1. The summed E-state index contributed by atoms with van der Waals surface area (Å²) in [6.45, 7) is 2.60. The van der Waals surface area contributed by atoms with Crippen LogP contribution in [0, 0.1) is 5.92 Å². The van der Waals surface area contributed by atoms with Crippen molar-refractivity contribution in [3.05, 3.63) is 53.2 Å². The van der Waals surface area contributed by atoms with Crippen LogP contribution in [-0.4, -0.2) is 51.1 Å². The number of rotatable bonds is 4. The minimum Gasteiger partial charge on any atom is -0.494 e. The zero-order valence-corrected chi connectivity index (χ0v) is 21.3. The summed E-state index contributed by atoms with van der Waals surface area (Å²) in [5.41, 5.74) is 9.13. The maximum atomic E-state index is 13.5. The van der Waals surface area contributed by atoms with E-state index >= 15 is 0 Å².